The van der Waals surface area contributed by atoms with Gasteiger partial charge in [0.2, 0.25) is 5.91 Å². The highest BCUT2D eigenvalue weighted by Crippen LogP contribution is 1.92. The molecule has 0 rings (SSSR count). The van der Waals surface area contributed by atoms with Crippen LogP contribution in [0.5, 0.6) is 0 Å². The van der Waals surface area contributed by atoms with Gasteiger partial charge in [-0.2, -0.15) is 0 Å². The van der Waals surface area contributed by atoms with E-state index in [1.165, 1.54) is 0 Å². The van der Waals surface area contributed by atoms with E-state index in [2.05, 4.69) is 16.6 Å². The maximum atomic E-state index is 11.5. The van der Waals surface area contributed by atoms with Gasteiger partial charge in [-0.15, -0.1) is 6.42 Å². The van der Waals surface area contributed by atoms with Gasteiger partial charge in [-0.3, -0.25) is 10.1 Å². The lowest BCUT2D eigenvalue weighted by Gasteiger charge is -2.17. The molecular weight excluding hydrogens is 192 g/mol. The molecule has 0 aliphatic carbocycles. The van der Waals surface area contributed by atoms with Gasteiger partial charge in [-0.1, -0.05) is 12.8 Å². The summed E-state index contributed by atoms with van der Waals surface area (Å²) in [4.78, 5) is 11.5. The van der Waals surface area contributed by atoms with Gasteiger partial charge < -0.3 is 10.1 Å². The topological polar surface area (TPSA) is 50.4 Å². The molecule has 0 saturated heterocycles. The molecule has 4 heteroatoms. The van der Waals surface area contributed by atoms with Crippen LogP contribution in [0.25, 0.3) is 0 Å². The molecule has 0 aromatic rings. The van der Waals surface area contributed by atoms with E-state index in [1.807, 2.05) is 6.92 Å². The number of methoxy groups -OCH3 is 1. The molecule has 0 spiro atoms. The Morgan fingerprint density at radius 3 is 2.73 bits per heavy atom. The van der Waals surface area contributed by atoms with Crippen LogP contribution < -0.4 is 10.6 Å². The van der Waals surface area contributed by atoms with Crippen molar-refractivity contribution in [3.8, 4) is 12.3 Å². The van der Waals surface area contributed by atoms with Crippen LogP contribution in [0.4, 0.5) is 0 Å². The summed E-state index contributed by atoms with van der Waals surface area (Å²) in [5.74, 6) is 2.53. The standard InChI is InChI=1S/C11H20N2O2/c1-5-10(6-2)13-9(3)11(14)12-7-8-15-4/h1,9-10,13H,6-8H2,2-4H3,(H,12,14). The van der Waals surface area contributed by atoms with E-state index in [9.17, 15) is 4.79 Å². The third kappa shape index (κ3) is 6.10. The Hall–Kier alpha value is -1.05. The molecule has 0 aliphatic heterocycles. The number of hydrogen-bond donors (Lipinski definition) is 2. The molecule has 86 valence electrons. The summed E-state index contributed by atoms with van der Waals surface area (Å²) in [5, 5.41) is 5.80. The largest absolute Gasteiger partial charge is 0.383 e. The summed E-state index contributed by atoms with van der Waals surface area (Å²) in [7, 11) is 1.60. The van der Waals surface area contributed by atoms with Crippen molar-refractivity contribution in [2.45, 2.75) is 32.4 Å². The average Bonchev–Trinajstić information content (AvgIpc) is 2.25. The number of amides is 1. The predicted octanol–water partition coefficient (Wildman–Crippen LogP) is 0.139. The van der Waals surface area contributed by atoms with E-state index in [0.717, 1.165) is 6.42 Å². The van der Waals surface area contributed by atoms with Crippen LogP contribution in [-0.2, 0) is 9.53 Å². The number of rotatable bonds is 7. The van der Waals surface area contributed by atoms with Crippen molar-refractivity contribution in [1.29, 1.82) is 0 Å². The van der Waals surface area contributed by atoms with Gasteiger partial charge in [0.25, 0.3) is 0 Å². The Kier molecular flexibility index (Phi) is 7.69. The molecule has 4 nitrogen and oxygen atoms in total. The van der Waals surface area contributed by atoms with E-state index < -0.39 is 0 Å². The van der Waals surface area contributed by atoms with Crippen LogP contribution in [-0.4, -0.2) is 38.3 Å². The number of ether oxygens (including phenoxy) is 1. The first-order chi connectivity index (χ1) is 7.15. The summed E-state index contributed by atoms with van der Waals surface area (Å²) in [6.45, 7) is 4.81. The van der Waals surface area contributed by atoms with E-state index in [-0.39, 0.29) is 18.0 Å². The van der Waals surface area contributed by atoms with E-state index >= 15 is 0 Å². The quantitative estimate of drug-likeness (QED) is 0.466. The Morgan fingerprint density at radius 2 is 2.27 bits per heavy atom. The fraction of sp³-hybridized carbons (Fsp3) is 0.727. The molecule has 0 fully saturated rings. The molecule has 0 aromatic carbocycles. The van der Waals surface area contributed by atoms with Crippen molar-refractivity contribution < 1.29 is 9.53 Å². The van der Waals surface area contributed by atoms with Gasteiger partial charge in [-0.25, -0.2) is 0 Å². The minimum Gasteiger partial charge on any atom is -0.383 e. The highest BCUT2D eigenvalue weighted by molar-refractivity contribution is 5.81. The molecule has 2 N–H and O–H groups in total. The van der Waals surface area contributed by atoms with Crippen LogP contribution in [0, 0.1) is 12.3 Å². The van der Waals surface area contributed by atoms with Gasteiger partial charge in [0.1, 0.15) is 0 Å². The molecule has 2 atom stereocenters. The van der Waals surface area contributed by atoms with Gasteiger partial charge in [0.05, 0.1) is 18.7 Å². The smallest absolute Gasteiger partial charge is 0.236 e. The van der Waals surface area contributed by atoms with Crippen LogP contribution >= 0.6 is 0 Å². The molecular formula is C11H20N2O2. The predicted molar refractivity (Wildman–Crippen MR) is 60.4 cm³/mol. The molecule has 0 aromatic heterocycles. The van der Waals surface area contributed by atoms with Crippen LogP contribution in [0.15, 0.2) is 0 Å². The maximum absolute atomic E-state index is 11.5. The summed E-state index contributed by atoms with van der Waals surface area (Å²) in [6, 6.07) is -0.323. The fourth-order valence-electron chi connectivity index (χ4n) is 1.09. The van der Waals surface area contributed by atoms with Gasteiger partial charge >= 0.3 is 0 Å². The fourth-order valence-corrected chi connectivity index (χ4v) is 1.09. The summed E-state index contributed by atoms with van der Waals surface area (Å²) in [6.07, 6.45) is 6.10. The van der Waals surface area contributed by atoms with Crippen molar-refractivity contribution in [1.82, 2.24) is 10.6 Å². The Bertz CT molecular complexity index is 223. The number of terminal acetylenes is 1. The maximum Gasteiger partial charge on any atom is 0.236 e. The Morgan fingerprint density at radius 1 is 1.60 bits per heavy atom. The van der Waals surface area contributed by atoms with E-state index in [1.54, 1.807) is 14.0 Å². The first kappa shape index (κ1) is 13.9. The summed E-state index contributed by atoms with van der Waals surface area (Å²) >= 11 is 0. The molecule has 1 amide bonds. The molecule has 0 saturated carbocycles. The molecule has 0 aliphatic rings. The zero-order chi connectivity index (χ0) is 11.7. The van der Waals surface area contributed by atoms with Crippen LogP contribution in [0.1, 0.15) is 20.3 Å². The second-order valence-electron chi connectivity index (χ2n) is 3.30. The van der Waals surface area contributed by atoms with Gasteiger partial charge in [-0.05, 0) is 13.3 Å². The minimum absolute atomic E-state index is 0.0480. The van der Waals surface area contributed by atoms with Crippen molar-refractivity contribution in [3.63, 3.8) is 0 Å². The van der Waals surface area contributed by atoms with Crippen LogP contribution in [0.2, 0.25) is 0 Å². The highest BCUT2D eigenvalue weighted by atomic mass is 16.5. The van der Waals surface area contributed by atoms with Crippen molar-refractivity contribution >= 4 is 5.91 Å². The van der Waals surface area contributed by atoms with Crippen LogP contribution in [0.3, 0.4) is 0 Å². The third-order valence-corrected chi connectivity index (χ3v) is 2.06. The zero-order valence-corrected chi connectivity index (χ0v) is 9.67. The van der Waals surface area contributed by atoms with Crippen molar-refractivity contribution in [2.24, 2.45) is 0 Å². The Balaban J connectivity index is 3.83. The minimum atomic E-state index is -0.275. The second-order valence-corrected chi connectivity index (χ2v) is 3.30. The molecule has 0 heterocycles. The number of carbonyl (C=O) groups is 1. The second kappa shape index (κ2) is 8.27. The lowest BCUT2D eigenvalue weighted by molar-refractivity contribution is -0.123. The summed E-state index contributed by atoms with van der Waals surface area (Å²) < 4.78 is 4.83. The normalized spacial score (nSPS) is 14.0. The average molecular weight is 212 g/mol. The molecule has 15 heavy (non-hydrogen) atoms. The third-order valence-electron chi connectivity index (χ3n) is 2.06. The number of nitrogens with one attached hydrogen (secondary N) is 2. The zero-order valence-electron chi connectivity index (χ0n) is 9.67. The van der Waals surface area contributed by atoms with Gasteiger partial charge in [0, 0.05) is 13.7 Å². The SMILES string of the molecule is C#CC(CC)NC(C)C(=O)NCCOC. The molecule has 0 radical (unpaired) electrons. The number of hydrogen-bond acceptors (Lipinski definition) is 3. The van der Waals surface area contributed by atoms with Gasteiger partial charge in [0.15, 0.2) is 0 Å². The lowest BCUT2D eigenvalue weighted by atomic mass is 10.2. The monoisotopic (exact) mass is 212 g/mol. The molecule has 0 bridgehead atoms. The van der Waals surface area contributed by atoms with E-state index in [0.29, 0.717) is 13.2 Å². The number of carbonyl (C=O) groups excluding carboxylic acids is 1. The first-order valence-corrected chi connectivity index (χ1v) is 5.14. The highest BCUT2D eigenvalue weighted by Gasteiger charge is 2.14. The van der Waals surface area contributed by atoms with Crippen molar-refractivity contribution in [2.75, 3.05) is 20.3 Å². The Labute approximate surface area is 91.8 Å². The lowest BCUT2D eigenvalue weighted by Crippen LogP contribution is -2.46. The molecule has 2 unspecified atom stereocenters. The van der Waals surface area contributed by atoms with E-state index in [4.69, 9.17) is 11.2 Å². The first-order valence-electron chi connectivity index (χ1n) is 5.14. The van der Waals surface area contributed by atoms with Crippen molar-refractivity contribution in [3.05, 3.63) is 0 Å². The summed E-state index contributed by atoms with van der Waals surface area (Å²) in [5.41, 5.74) is 0.